The van der Waals surface area contributed by atoms with Crippen LogP contribution in [0.1, 0.15) is 61.1 Å². The van der Waals surface area contributed by atoms with E-state index in [1.807, 2.05) is 27.7 Å². The molecule has 0 spiro atoms. The van der Waals surface area contributed by atoms with E-state index in [2.05, 4.69) is 21.4 Å². The minimum absolute atomic E-state index is 0.249. The normalized spacial score (nSPS) is 15.5. The van der Waals surface area contributed by atoms with Crippen LogP contribution in [0.25, 0.3) is 0 Å². The van der Waals surface area contributed by atoms with Crippen molar-refractivity contribution < 1.29 is 13.6 Å². The van der Waals surface area contributed by atoms with Crippen LogP contribution in [0.5, 0.6) is 0 Å². The van der Waals surface area contributed by atoms with Gasteiger partial charge in [-0.2, -0.15) is 5.10 Å². The quantitative estimate of drug-likeness (QED) is 0.711. The number of anilines is 1. The fraction of sp³-hybridized carbons (Fsp3) is 0.400. The maximum Gasteiger partial charge on any atom is 0.301 e. The van der Waals surface area contributed by atoms with Crippen LogP contribution in [0.2, 0.25) is 0 Å². The molecule has 0 saturated carbocycles. The van der Waals surface area contributed by atoms with Crippen molar-refractivity contribution >= 4 is 17.3 Å². The van der Waals surface area contributed by atoms with Crippen LogP contribution in [0.4, 0.5) is 10.1 Å². The number of carbonyl (C=O) groups excluding carboxylic acids is 1. The molecular weight excluding hydrogens is 347 g/mol. The molecule has 2 aromatic rings. The van der Waals surface area contributed by atoms with E-state index in [1.54, 1.807) is 12.1 Å². The van der Waals surface area contributed by atoms with Gasteiger partial charge in [0.25, 0.3) is 0 Å². The molecule has 1 aliphatic carbocycles. The Balaban J connectivity index is 1.82. The number of nitrogens with one attached hydrogen (secondary N) is 3. The second-order valence-corrected chi connectivity index (χ2v) is 7.71. The fourth-order valence-corrected chi connectivity index (χ4v) is 2.95. The van der Waals surface area contributed by atoms with Crippen molar-refractivity contribution in [2.24, 2.45) is 5.10 Å². The number of nitrogens with zero attached hydrogens (tertiary/aromatic N) is 1. The highest BCUT2D eigenvalue weighted by molar-refractivity contribution is 6.06. The number of fused-ring (bicyclic) bond motifs is 1. The number of halogens is 1. The molecule has 7 heteroatoms. The summed E-state index contributed by atoms with van der Waals surface area (Å²) >= 11 is 0. The molecular formula is C20H25FN4O2. The Morgan fingerprint density at radius 2 is 1.89 bits per heavy atom. The molecule has 27 heavy (non-hydrogen) atoms. The standard InChI is InChI=1S/C20H25FN4O2/c1-12-17-15(23-22-14-10-8-13(21)9-11-14)6-5-7-16(17)27-18(12)19(26)24-25-20(2,3)4/h8-11,22,25H,5-7H2,1-4H3,(H,24,26)/b23-15+. The minimum Gasteiger partial charge on any atom is -0.455 e. The second-order valence-electron chi connectivity index (χ2n) is 7.71. The van der Waals surface area contributed by atoms with Gasteiger partial charge >= 0.3 is 5.91 Å². The Labute approximate surface area is 158 Å². The summed E-state index contributed by atoms with van der Waals surface area (Å²) in [6.07, 6.45) is 2.44. The van der Waals surface area contributed by atoms with Gasteiger partial charge in [-0.05, 0) is 64.8 Å². The van der Waals surface area contributed by atoms with E-state index in [9.17, 15) is 9.18 Å². The number of hydrogen-bond donors (Lipinski definition) is 3. The summed E-state index contributed by atoms with van der Waals surface area (Å²) in [7, 11) is 0. The first-order chi connectivity index (χ1) is 12.7. The molecule has 1 aliphatic rings. The second kappa shape index (κ2) is 7.52. The van der Waals surface area contributed by atoms with E-state index in [1.165, 1.54) is 12.1 Å². The third-order valence-corrected chi connectivity index (χ3v) is 4.25. The zero-order valence-corrected chi connectivity index (χ0v) is 16.1. The first-order valence-corrected chi connectivity index (χ1v) is 9.03. The van der Waals surface area contributed by atoms with Crippen LogP contribution in [0, 0.1) is 12.7 Å². The van der Waals surface area contributed by atoms with Crippen molar-refractivity contribution in [1.29, 1.82) is 0 Å². The van der Waals surface area contributed by atoms with Crippen LogP contribution in [-0.2, 0) is 6.42 Å². The number of rotatable bonds is 4. The lowest BCUT2D eigenvalue weighted by Gasteiger charge is -2.20. The Morgan fingerprint density at radius 3 is 2.56 bits per heavy atom. The highest BCUT2D eigenvalue weighted by atomic mass is 19.1. The van der Waals surface area contributed by atoms with Gasteiger partial charge in [0.05, 0.1) is 11.4 Å². The highest BCUT2D eigenvalue weighted by Gasteiger charge is 2.28. The molecule has 0 fully saturated rings. The summed E-state index contributed by atoms with van der Waals surface area (Å²) in [6.45, 7) is 7.74. The van der Waals surface area contributed by atoms with Gasteiger partial charge in [-0.1, -0.05) is 0 Å². The summed E-state index contributed by atoms with van der Waals surface area (Å²) in [5, 5.41) is 4.48. The average molecular weight is 372 g/mol. The van der Waals surface area contributed by atoms with Crippen LogP contribution < -0.4 is 16.3 Å². The zero-order valence-electron chi connectivity index (χ0n) is 16.1. The van der Waals surface area contributed by atoms with E-state index >= 15 is 0 Å². The van der Waals surface area contributed by atoms with Gasteiger partial charge < -0.3 is 4.42 Å². The molecule has 3 N–H and O–H groups in total. The van der Waals surface area contributed by atoms with Crippen LogP contribution in [-0.4, -0.2) is 17.2 Å². The maximum absolute atomic E-state index is 13.0. The third kappa shape index (κ3) is 4.54. The van der Waals surface area contributed by atoms with E-state index in [4.69, 9.17) is 4.42 Å². The Bertz CT molecular complexity index is 863. The van der Waals surface area contributed by atoms with E-state index < -0.39 is 0 Å². The Hall–Kier alpha value is -2.67. The lowest BCUT2D eigenvalue weighted by molar-refractivity contribution is 0.0883. The molecule has 0 unspecified atom stereocenters. The van der Waals surface area contributed by atoms with E-state index in [-0.39, 0.29) is 17.3 Å². The van der Waals surface area contributed by atoms with Gasteiger partial charge in [-0.25, -0.2) is 9.82 Å². The summed E-state index contributed by atoms with van der Waals surface area (Å²) in [5.41, 5.74) is 11.6. The van der Waals surface area contributed by atoms with E-state index in [0.717, 1.165) is 41.9 Å². The topological polar surface area (TPSA) is 78.7 Å². The smallest absolute Gasteiger partial charge is 0.301 e. The van der Waals surface area contributed by atoms with Crippen molar-refractivity contribution in [1.82, 2.24) is 10.9 Å². The number of benzene rings is 1. The monoisotopic (exact) mass is 372 g/mol. The Morgan fingerprint density at radius 1 is 1.19 bits per heavy atom. The van der Waals surface area contributed by atoms with Crippen molar-refractivity contribution in [2.75, 3.05) is 5.43 Å². The predicted octanol–water partition coefficient (Wildman–Crippen LogP) is 3.91. The molecule has 144 valence electrons. The number of aryl methyl sites for hydroxylation is 1. The number of hydrazine groups is 1. The predicted molar refractivity (Wildman–Crippen MR) is 103 cm³/mol. The van der Waals surface area contributed by atoms with E-state index in [0.29, 0.717) is 11.4 Å². The number of hydrogen-bond acceptors (Lipinski definition) is 5. The summed E-state index contributed by atoms with van der Waals surface area (Å²) < 4.78 is 18.9. The molecule has 0 radical (unpaired) electrons. The van der Waals surface area contributed by atoms with Crippen molar-refractivity contribution in [2.45, 2.75) is 52.5 Å². The Kier molecular flexibility index (Phi) is 5.32. The molecule has 0 saturated heterocycles. The molecule has 0 aliphatic heterocycles. The van der Waals surface area contributed by atoms with Crippen LogP contribution >= 0.6 is 0 Å². The summed E-state index contributed by atoms with van der Waals surface area (Å²) in [4.78, 5) is 12.5. The number of hydrazone groups is 1. The largest absolute Gasteiger partial charge is 0.455 e. The first kappa shape index (κ1) is 19.1. The van der Waals surface area contributed by atoms with Gasteiger partial charge in [-0.3, -0.25) is 15.6 Å². The van der Waals surface area contributed by atoms with Gasteiger partial charge in [-0.15, -0.1) is 0 Å². The molecule has 0 atom stereocenters. The number of furan rings is 1. The molecule has 6 nitrogen and oxygen atoms in total. The first-order valence-electron chi connectivity index (χ1n) is 9.03. The highest BCUT2D eigenvalue weighted by Crippen LogP contribution is 2.30. The van der Waals surface area contributed by atoms with Gasteiger partial charge in [0.1, 0.15) is 11.6 Å². The lowest BCUT2D eigenvalue weighted by Crippen LogP contribution is -2.48. The zero-order chi connectivity index (χ0) is 19.6. The van der Waals surface area contributed by atoms with Crippen molar-refractivity contribution in [3.8, 4) is 0 Å². The molecule has 1 aromatic carbocycles. The molecule has 1 amide bonds. The third-order valence-electron chi connectivity index (χ3n) is 4.25. The van der Waals surface area contributed by atoms with Gasteiger partial charge in [0, 0.05) is 23.1 Å². The van der Waals surface area contributed by atoms with Crippen LogP contribution in [0.15, 0.2) is 33.8 Å². The number of amides is 1. The molecule has 3 rings (SSSR count). The van der Waals surface area contributed by atoms with Crippen LogP contribution in [0.3, 0.4) is 0 Å². The maximum atomic E-state index is 13.0. The summed E-state index contributed by atoms with van der Waals surface area (Å²) in [6, 6.07) is 6.01. The molecule has 1 heterocycles. The van der Waals surface area contributed by atoms with Gasteiger partial charge in [0.15, 0.2) is 5.76 Å². The lowest BCUT2D eigenvalue weighted by atomic mass is 9.93. The number of carbonyl (C=O) groups is 1. The van der Waals surface area contributed by atoms with Gasteiger partial charge in [0.2, 0.25) is 0 Å². The summed E-state index contributed by atoms with van der Waals surface area (Å²) in [5.74, 6) is 0.480. The fourth-order valence-electron chi connectivity index (χ4n) is 2.95. The average Bonchev–Trinajstić information content (AvgIpc) is 2.96. The molecule has 0 bridgehead atoms. The minimum atomic E-state index is -0.303. The molecule has 1 aromatic heterocycles. The van der Waals surface area contributed by atoms with Crippen molar-refractivity contribution in [3.63, 3.8) is 0 Å². The van der Waals surface area contributed by atoms with Crippen molar-refractivity contribution in [3.05, 3.63) is 52.7 Å². The SMILES string of the molecule is Cc1c(C(=O)NNC(C)(C)C)oc2c1/C(=N/Nc1ccc(F)cc1)CCC2.